The molecule has 0 fully saturated rings. The van der Waals surface area contributed by atoms with E-state index in [-0.39, 0.29) is 5.97 Å². The van der Waals surface area contributed by atoms with Crippen LogP contribution in [0, 0.1) is 0 Å². The molecule has 0 bridgehead atoms. The highest BCUT2D eigenvalue weighted by Crippen LogP contribution is 2.10. The van der Waals surface area contributed by atoms with Gasteiger partial charge in [0.15, 0.2) is 0 Å². The summed E-state index contributed by atoms with van der Waals surface area (Å²) < 4.78 is 14.4. The Kier molecular flexibility index (Phi) is 21.0. The third-order valence-electron chi connectivity index (χ3n) is 2.91. The normalized spacial score (nSPS) is 9.42. The topological polar surface area (TPSA) is 26.3 Å². The molecule has 0 saturated heterocycles. The Morgan fingerprint density at radius 2 is 1.37 bits per heavy atom. The molecule has 0 rings (SSSR count). The van der Waals surface area contributed by atoms with E-state index in [0.717, 1.165) is 6.42 Å². The second kappa shape index (κ2) is 19.5. The number of halogens is 1. The molecule has 0 N–H and O–H groups in total. The lowest BCUT2D eigenvalue weighted by Gasteiger charge is -2.03. The molecule has 0 aliphatic rings. The van der Waals surface area contributed by atoms with E-state index < -0.39 is 0 Å². The molecule has 0 aliphatic heterocycles. The minimum absolute atomic E-state index is 0.305. The summed E-state index contributed by atoms with van der Waals surface area (Å²) in [6.45, 7) is 6.15. The van der Waals surface area contributed by atoms with Crippen molar-refractivity contribution in [2.45, 2.75) is 71.1 Å². The van der Waals surface area contributed by atoms with Gasteiger partial charge in [0, 0.05) is 6.08 Å². The maximum Gasteiger partial charge on any atom is 0.330 e. The van der Waals surface area contributed by atoms with Crippen LogP contribution in [-0.4, -0.2) is 19.8 Å². The zero-order valence-corrected chi connectivity index (χ0v) is 12.8. The van der Waals surface area contributed by atoms with Gasteiger partial charge in [0.2, 0.25) is 0 Å². The van der Waals surface area contributed by atoms with E-state index >= 15 is 0 Å². The fraction of sp³-hybridized carbons (Fsp3) is 0.812. The number of carbonyl (C=O) groups excluding carboxylic acids is 1. The number of esters is 1. The van der Waals surface area contributed by atoms with Gasteiger partial charge in [-0.15, -0.1) is 0 Å². The highest BCUT2D eigenvalue weighted by atomic mass is 19.1. The molecule has 3 heteroatoms. The Bertz CT molecular complexity index is 193. The average molecular weight is 274 g/mol. The summed E-state index contributed by atoms with van der Waals surface area (Å²) in [6.07, 6.45) is 14.2. The molecule has 0 aliphatic carbocycles. The summed E-state index contributed by atoms with van der Waals surface area (Å²) in [6, 6.07) is 0. The van der Waals surface area contributed by atoms with Crippen LogP contribution in [0.15, 0.2) is 12.7 Å². The Balaban J connectivity index is 0. The Morgan fingerprint density at radius 3 is 1.79 bits per heavy atom. The largest absolute Gasteiger partial charge is 0.463 e. The lowest BCUT2D eigenvalue weighted by Crippen LogP contribution is -2.01. The van der Waals surface area contributed by atoms with Crippen LogP contribution in [0.2, 0.25) is 0 Å². The highest BCUT2D eigenvalue weighted by molar-refractivity contribution is 5.81. The maximum atomic E-state index is 10.7. The SMILES string of the molecule is C=CC(=O)OCCCCCCCCCCCC.CF. The minimum Gasteiger partial charge on any atom is -0.463 e. The van der Waals surface area contributed by atoms with Gasteiger partial charge < -0.3 is 4.74 Å². The summed E-state index contributed by atoms with van der Waals surface area (Å²) in [7, 11) is 0.500. The zero-order valence-electron chi connectivity index (χ0n) is 12.8. The van der Waals surface area contributed by atoms with Gasteiger partial charge in [0.1, 0.15) is 0 Å². The van der Waals surface area contributed by atoms with E-state index in [4.69, 9.17) is 4.74 Å². The molecule has 0 aromatic rings. The van der Waals surface area contributed by atoms with E-state index in [1.54, 1.807) is 0 Å². The van der Waals surface area contributed by atoms with Crippen molar-refractivity contribution >= 4 is 5.97 Å². The standard InChI is InChI=1S/C15H28O2.CH3F/c1-3-5-6-7-8-9-10-11-12-13-14-17-15(16)4-2;1-2/h4H,2-3,5-14H2,1H3;1H3. The van der Waals surface area contributed by atoms with Gasteiger partial charge >= 0.3 is 5.97 Å². The van der Waals surface area contributed by atoms with Crippen molar-refractivity contribution in [3.05, 3.63) is 12.7 Å². The number of alkyl halides is 1. The van der Waals surface area contributed by atoms with Crippen molar-refractivity contribution in [3.8, 4) is 0 Å². The lowest BCUT2D eigenvalue weighted by molar-refractivity contribution is -0.137. The number of unbranched alkanes of at least 4 members (excludes halogenated alkanes) is 9. The van der Waals surface area contributed by atoms with Crippen molar-refractivity contribution < 1.29 is 13.9 Å². The maximum absolute atomic E-state index is 10.7. The number of ether oxygens (including phenoxy) is 1. The second-order valence-electron chi connectivity index (χ2n) is 4.55. The van der Waals surface area contributed by atoms with Gasteiger partial charge in [-0.3, -0.25) is 4.39 Å². The highest BCUT2D eigenvalue weighted by Gasteiger charge is 1.95. The molecule has 0 aromatic heterocycles. The second-order valence-corrected chi connectivity index (χ2v) is 4.55. The molecule has 0 radical (unpaired) electrons. The molecule has 19 heavy (non-hydrogen) atoms. The summed E-state index contributed by atoms with van der Waals surface area (Å²) >= 11 is 0. The quantitative estimate of drug-likeness (QED) is 0.277. The van der Waals surface area contributed by atoms with Gasteiger partial charge in [0.05, 0.1) is 13.8 Å². The molecule has 0 saturated carbocycles. The number of carbonyl (C=O) groups is 1. The molecule has 0 aromatic carbocycles. The Hall–Kier alpha value is -0.860. The van der Waals surface area contributed by atoms with Crippen LogP contribution in [0.25, 0.3) is 0 Å². The van der Waals surface area contributed by atoms with Gasteiger partial charge in [-0.1, -0.05) is 71.3 Å². The van der Waals surface area contributed by atoms with Crippen LogP contribution in [-0.2, 0) is 9.53 Å². The number of hydrogen-bond donors (Lipinski definition) is 0. The van der Waals surface area contributed by atoms with Crippen molar-refractivity contribution in [1.29, 1.82) is 0 Å². The number of hydrogen-bond acceptors (Lipinski definition) is 2. The Morgan fingerprint density at radius 1 is 0.947 bits per heavy atom. The van der Waals surface area contributed by atoms with E-state index in [2.05, 4.69) is 13.5 Å². The fourth-order valence-electron chi connectivity index (χ4n) is 1.82. The number of rotatable bonds is 12. The smallest absolute Gasteiger partial charge is 0.330 e. The van der Waals surface area contributed by atoms with E-state index in [1.165, 1.54) is 63.9 Å². The monoisotopic (exact) mass is 274 g/mol. The summed E-state index contributed by atoms with van der Waals surface area (Å²) in [5.74, 6) is -0.305. The van der Waals surface area contributed by atoms with Crippen LogP contribution in [0.4, 0.5) is 4.39 Å². The van der Waals surface area contributed by atoms with Gasteiger partial charge in [-0.05, 0) is 6.42 Å². The molecule has 2 nitrogen and oxygen atoms in total. The van der Waals surface area contributed by atoms with Crippen molar-refractivity contribution in [2.24, 2.45) is 0 Å². The Labute approximate surface area is 118 Å². The van der Waals surface area contributed by atoms with Gasteiger partial charge in [-0.25, -0.2) is 4.79 Å². The van der Waals surface area contributed by atoms with Crippen LogP contribution in [0.5, 0.6) is 0 Å². The zero-order chi connectivity index (χ0) is 14.8. The average Bonchev–Trinajstić information content (AvgIpc) is 2.46. The molecule has 0 amide bonds. The van der Waals surface area contributed by atoms with E-state index in [9.17, 15) is 9.18 Å². The van der Waals surface area contributed by atoms with Crippen LogP contribution in [0.1, 0.15) is 71.1 Å². The molecule has 0 unspecified atom stereocenters. The molecule has 0 heterocycles. The van der Waals surface area contributed by atoms with Crippen LogP contribution < -0.4 is 0 Å². The molecule has 114 valence electrons. The molecule has 0 atom stereocenters. The first-order valence-corrected chi connectivity index (χ1v) is 7.48. The predicted molar refractivity (Wildman–Crippen MR) is 80.0 cm³/mol. The third-order valence-corrected chi connectivity index (χ3v) is 2.91. The first kappa shape index (κ1) is 20.5. The van der Waals surface area contributed by atoms with Crippen molar-refractivity contribution in [2.75, 3.05) is 13.8 Å². The summed E-state index contributed by atoms with van der Waals surface area (Å²) in [4.78, 5) is 10.7. The fourth-order valence-corrected chi connectivity index (χ4v) is 1.82. The molecular weight excluding hydrogens is 243 g/mol. The first-order valence-electron chi connectivity index (χ1n) is 7.48. The molecule has 0 spiro atoms. The van der Waals surface area contributed by atoms with Gasteiger partial charge in [-0.2, -0.15) is 0 Å². The third kappa shape index (κ3) is 19.7. The minimum atomic E-state index is -0.305. The summed E-state index contributed by atoms with van der Waals surface area (Å²) in [5.41, 5.74) is 0. The van der Waals surface area contributed by atoms with Crippen molar-refractivity contribution in [3.63, 3.8) is 0 Å². The van der Waals surface area contributed by atoms with E-state index in [1.807, 2.05) is 0 Å². The van der Waals surface area contributed by atoms with Crippen LogP contribution in [0.3, 0.4) is 0 Å². The van der Waals surface area contributed by atoms with Crippen LogP contribution >= 0.6 is 0 Å². The predicted octanol–water partition coefficient (Wildman–Crippen LogP) is 5.22. The lowest BCUT2D eigenvalue weighted by atomic mass is 10.1. The van der Waals surface area contributed by atoms with Crippen molar-refractivity contribution in [1.82, 2.24) is 0 Å². The summed E-state index contributed by atoms with van der Waals surface area (Å²) in [5, 5.41) is 0. The van der Waals surface area contributed by atoms with Gasteiger partial charge in [0.25, 0.3) is 0 Å². The van der Waals surface area contributed by atoms with E-state index in [0.29, 0.717) is 13.8 Å². The first-order chi connectivity index (χ1) is 9.31. The molecular formula is C16H31FO2.